The second kappa shape index (κ2) is 13.2. The van der Waals surface area contributed by atoms with Crippen molar-refractivity contribution in [3.05, 3.63) is 53.6 Å². The molecule has 34 heavy (non-hydrogen) atoms. The summed E-state index contributed by atoms with van der Waals surface area (Å²) >= 11 is 0. The molecule has 1 atom stereocenters. The number of ether oxygens (including phenoxy) is 3. The Morgan fingerprint density at radius 1 is 1.03 bits per heavy atom. The summed E-state index contributed by atoms with van der Waals surface area (Å²) in [7, 11) is -1.92. The third kappa shape index (κ3) is 8.53. The van der Waals surface area contributed by atoms with Gasteiger partial charge in [0.15, 0.2) is 11.5 Å². The zero-order chi connectivity index (χ0) is 25.1. The molecule has 2 aromatic carbocycles. The number of aryl methyl sites for hydroxylation is 1. The molecule has 0 aliphatic rings. The lowest BCUT2D eigenvalue weighted by Crippen LogP contribution is -2.50. The van der Waals surface area contributed by atoms with E-state index < -0.39 is 16.1 Å². The van der Waals surface area contributed by atoms with Crippen molar-refractivity contribution in [3.63, 3.8) is 0 Å². The van der Waals surface area contributed by atoms with E-state index in [1.54, 1.807) is 21.0 Å². The summed E-state index contributed by atoms with van der Waals surface area (Å²) in [6.45, 7) is 8.21. The molecule has 188 valence electrons. The number of para-hydroxylation sites is 1. The van der Waals surface area contributed by atoms with Crippen LogP contribution < -0.4 is 24.2 Å². The maximum atomic E-state index is 12.6. The highest BCUT2D eigenvalue weighted by Crippen LogP contribution is 2.31. The fourth-order valence-corrected chi connectivity index (χ4v) is 4.18. The number of rotatable bonds is 14. The van der Waals surface area contributed by atoms with Gasteiger partial charge in [0.05, 0.1) is 12.9 Å². The number of nitrogens with one attached hydrogen (secondary N) is 2. The van der Waals surface area contributed by atoms with Gasteiger partial charge >= 0.3 is 0 Å². The normalized spacial score (nSPS) is 12.3. The summed E-state index contributed by atoms with van der Waals surface area (Å²) < 4.78 is 43.4. The summed E-state index contributed by atoms with van der Waals surface area (Å²) in [5, 5.41) is 2.82. The summed E-state index contributed by atoms with van der Waals surface area (Å²) in [6, 6.07) is 12.6. The van der Waals surface area contributed by atoms with Gasteiger partial charge in [0.2, 0.25) is 15.9 Å². The van der Waals surface area contributed by atoms with E-state index in [-0.39, 0.29) is 17.6 Å². The first-order valence-corrected chi connectivity index (χ1v) is 13.1. The smallest absolute Gasteiger partial charge is 0.238 e. The second-order valence-electron chi connectivity index (χ2n) is 8.24. The fourth-order valence-electron chi connectivity index (χ4n) is 3.25. The summed E-state index contributed by atoms with van der Waals surface area (Å²) in [4.78, 5) is 12.6. The molecule has 0 aromatic heterocycles. The number of amides is 1. The summed E-state index contributed by atoms with van der Waals surface area (Å²) in [6.07, 6.45) is 0.497. The van der Waals surface area contributed by atoms with E-state index in [4.69, 9.17) is 14.2 Å². The van der Waals surface area contributed by atoms with Crippen LogP contribution in [0, 0.1) is 12.8 Å². The number of benzene rings is 2. The average molecular weight is 493 g/mol. The highest BCUT2D eigenvalue weighted by Gasteiger charge is 2.26. The molecular weight excluding hydrogens is 456 g/mol. The van der Waals surface area contributed by atoms with Crippen LogP contribution in [0.15, 0.2) is 42.5 Å². The molecule has 0 saturated heterocycles. The standard InChI is InChI=1S/C25H36N2O6S/c1-6-34(29,30)27-23(18(2)3)25(28)26-15-14-20-8-7-9-22(24(20)31-5)33-17-16-32-21-12-10-19(4)11-13-21/h7-13,18,23,27H,6,14-17H2,1-5H3,(H,26,28). The molecule has 1 unspecified atom stereocenters. The lowest BCUT2D eigenvalue weighted by molar-refractivity contribution is -0.123. The van der Waals surface area contributed by atoms with E-state index in [2.05, 4.69) is 10.0 Å². The van der Waals surface area contributed by atoms with E-state index in [9.17, 15) is 13.2 Å². The van der Waals surface area contributed by atoms with E-state index in [0.29, 0.717) is 37.7 Å². The molecule has 2 N–H and O–H groups in total. The second-order valence-corrected chi connectivity index (χ2v) is 10.3. The quantitative estimate of drug-likeness (QED) is 0.393. The molecule has 0 radical (unpaired) electrons. The third-order valence-corrected chi connectivity index (χ3v) is 6.60. The van der Waals surface area contributed by atoms with E-state index in [1.807, 2.05) is 49.4 Å². The largest absolute Gasteiger partial charge is 0.493 e. The highest BCUT2D eigenvalue weighted by atomic mass is 32.2. The Labute approximate surface area is 203 Å². The summed E-state index contributed by atoms with van der Waals surface area (Å²) in [5.41, 5.74) is 2.04. The van der Waals surface area contributed by atoms with Crippen LogP contribution in [-0.4, -0.2) is 53.0 Å². The fraction of sp³-hybridized carbons (Fsp3) is 0.480. The molecule has 0 fully saturated rings. The van der Waals surface area contributed by atoms with Crippen molar-refractivity contribution in [1.82, 2.24) is 10.0 Å². The minimum absolute atomic E-state index is 0.0798. The van der Waals surface area contributed by atoms with Crippen LogP contribution in [0.1, 0.15) is 31.9 Å². The van der Waals surface area contributed by atoms with Gasteiger partial charge in [0, 0.05) is 6.54 Å². The predicted molar refractivity (Wildman–Crippen MR) is 133 cm³/mol. The van der Waals surface area contributed by atoms with Crippen molar-refractivity contribution in [2.24, 2.45) is 5.92 Å². The lowest BCUT2D eigenvalue weighted by Gasteiger charge is -2.21. The van der Waals surface area contributed by atoms with E-state index >= 15 is 0 Å². The molecule has 0 spiro atoms. The number of hydrogen-bond acceptors (Lipinski definition) is 6. The van der Waals surface area contributed by atoms with Crippen LogP contribution in [0.2, 0.25) is 0 Å². The Hall–Kier alpha value is -2.78. The monoisotopic (exact) mass is 492 g/mol. The van der Waals surface area contributed by atoms with Crippen molar-refractivity contribution in [1.29, 1.82) is 0 Å². The molecule has 8 nitrogen and oxygen atoms in total. The van der Waals surface area contributed by atoms with Crippen molar-refractivity contribution < 1.29 is 27.4 Å². The maximum absolute atomic E-state index is 12.6. The Morgan fingerprint density at radius 2 is 1.71 bits per heavy atom. The molecule has 9 heteroatoms. The minimum Gasteiger partial charge on any atom is -0.493 e. The van der Waals surface area contributed by atoms with Gasteiger partial charge in [-0.25, -0.2) is 13.1 Å². The third-order valence-electron chi connectivity index (χ3n) is 5.22. The number of sulfonamides is 1. The lowest BCUT2D eigenvalue weighted by atomic mass is 10.0. The molecule has 0 aliphatic carbocycles. The van der Waals surface area contributed by atoms with Gasteiger partial charge in [-0.1, -0.05) is 43.7 Å². The average Bonchev–Trinajstić information content (AvgIpc) is 2.81. The van der Waals surface area contributed by atoms with Crippen LogP contribution in [0.3, 0.4) is 0 Å². The first-order valence-electron chi connectivity index (χ1n) is 11.4. The van der Waals surface area contributed by atoms with Gasteiger partial charge in [0.1, 0.15) is 25.0 Å². The Kier molecular flexibility index (Phi) is 10.7. The molecule has 0 bridgehead atoms. The highest BCUT2D eigenvalue weighted by molar-refractivity contribution is 7.89. The van der Waals surface area contributed by atoms with Gasteiger partial charge in [-0.3, -0.25) is 4.79 Å². The Balaban J connectivity index is 1.91. The number of hydrogen-bond donors (Lipinski definition) is 2. The van der Waals surface area contributed by atoms with Gasteiger partial charge in [-0.15, -0.1) is 0 Å². The molecule has 0 heterocycles. The van der Waals surface area contributed by atoms with Crippen LogP contribution >= 0.6 is 0 Å². The Bertz CT molecular complexity index is 1020. The Morgan fingerprint density at radius 3 is 2.32 bits per heavy atom. The predicted octanol–water partition coefficient (Wildman–Crippen LogP) is 3.08. The molecule has 2 rings (SSSR count). The van der Waals surface area contributed by atoms with Crippen LogP contribution in [0.25, 0.3) is 0 Å². The van der Waals surface area contributed by atoms with Crippen molar-refractivity contribution in [2.75, 3.05) is 32.6 Å². The van der Waals surface area contributed by atoms with Crippen molar-refractivity contribution in [3.8, 4) is 17.2 Å². The van der Waals surface area contributed by atoms with Gasteiger partial charge < -0.3 is 19.5 Å². The zero-order valence-corrected chi connectivity index (χ0v) is 21.4. The van der Waals surface area contributed by atoms with E-state index in [0.717, 1.165) is 11.3 Å². The van der Waals surface area contributed by atoms with Gasteiger partial charge in [0.25, 0.3) is 0 Å². The maximum Gasteiger partial charge on any atom is 0.238 e. The zero-order valence-electron chi connectivity index (χ0n) is 20.6. The molecule has 1 amide bonds. The number of carbonyl (C=O) groups is 1. The topological polar surface area (TPSA) is 103 Å². The molecule has 2 aromatic rings. The van der Waals surface area contributed by atoms with Gasteiger partial charge in [-0.2, -0.15) is 0 Å². The van der Waals surface area contributed by atoms with Crippen LogP contribution in [0.5, 0.6) is 17.2 Å². The number of carbonyl (C=O) groups excluding carboxylic acids is 1. The molecular formula is C25H36N2O6S. The molecule has 0 saturated carbocycles. The number of methoxy groups -OCH3 is 1. The molecule has 0 aliphatic heterocycles. The van der Waals surface area contributed by atoms with Crippen LogP contribution in [-0.2, 0) is 21.2 Å². The van der Waals surface area contributed by atoms with Crippen molar-refractivity contribution in [2.45, 2.75) is 40.2 Å². The first kappa shape index (κ1) is 27.5. The van der Waals surface area contributed by atoms with E-state index in [1.165, 1.54) is 12.5 Å². The first-order chi connectivity index (χ1) is 16.2. The SMILES string of the molecule is CCS(=O)(=O)NC(C(=O)NCCc1cccc(OCCOc2ccc(C)cc2)c1OC)C(C)C. The minimum atomic E-state index is -3.49. The van der Waals surface area contributed by atoms with Crippen LogP contribution in [0.4, 0.5) is 0 Å². The van der Waals surface area contributed by atoms with Crippen molar-refractivity contribution >= 4 is 15.9 Å². The van der Waals surface area contributed by atoms with Gasteiger partial charge in [-0.05, 0) is 49.9 Å². The summed E-state index contributed by atoms with van der Waals surface area (Å²) in [5.74, 6) is 1.35.